The molecule has 1 aromatic carbocycles. The van der Waals surface area contributed by atoms with E-state index < -0.39 is 0 Å². The smallest absolute Gasteiger partial charge is 0.166 e. The Bertz CT molecular complexity index is 397. The molecule has 0 bridgehead atoms. The van der Waals surface area contributed by atoms with E-state index in [4.69, 9.17) is 0 Å². The van der Waals surface area contributed by atoms with Crippen molar-refractivity contribution in [2.24, 2.45) is 17.8 Å². The van der Waals surface area contributed by atoms with Crippen LogP contribution in [0.3, 0.4) is 0 Å². The van der Waals surface area contributed by atoms with E-state index in [9.17, 15) is 4.79 Å². The van der Waals surface area contributed by atoms with E-state index in [-0.39, 0.29) is 0 Å². The topological polar surface area (TPSA) is 17.1 Å². The van der Waals surface area contributed by atoms with Crippen LogP contribution < -0.4 is 0 Å². The van der Waals surface area contributed by atoms with E-state index in [1.807, 2.05) is 24.3 Å². The number of rotatable bonds is 2. The minimum Gasteiger partial charge on any atom is -0.294 e. The Morgan fingerprint density at radius 1 is 1.06 bits per heavy atom. The van der Waals surface area contributed by atoms with Gasteiger partial charge >= 0.3 is 0 Å². The van der Waals surface area contributed by atoms with Crippen LogP contribution in [0.15, 0.2) is 24.3 Å². The molecule has 16 heavy (non-hydrogen) atoms. The summed E-state index contributed by atoms with van der Waals surface area (Å²) < 4.78 is 1.20. The molecule has 2 unspecified atom stereocenters. The number of ketones is 1. The maximum atomic E-state index is 12.3. The lowest BCUT2D eigenvalue weighted by Gasteiger charge is -2.04. The van der Waals surface area contributed by atoms with E-state index in [0.29, 0.717) is 11.7 Å². The van der Waals surface area contributed by atoms with Crippen molar-refractivity contribution in [3.8, 4) is 0 Å². The highest BCUT2D eigenvalue weighted by Gasteiger charge is 2.54. The Labute approximate surface area is 110 Å². The first kappa shape index (κ1) is 10.8. The first-order valence-electron chi connectivity index (χ1n) is 6.07. The van der Waals surface area contributed by atoms with Crippen molar-refractivity contribution in [3.63, 3.8) is 0 Å². The van der Waals surface area contributed by atoms with Gasteiger partial charge in [0.15, 0.2) is 5.78 Å². The van der Waals surface area contributed by atoms with Crippen LogP contribution in [0.1, 0.15) is 36.0 Å². The van der Waals surface area contributed by atoms with Gasteiger partial charge in [0, 0.05) is 15.1 Å². The number of Topliss-reactive ketones (excluding diaryl/α,β-unsaturated/α-hetero) is 1. The van der Waals surface area contributed by atoms with Crippen LogP contribution in [0.4, 0.5) is 0 Å². The molecule has 2 saturated carbocycles. The second-order valence-electron chi connectivity index (χ2n) is 5.01. The number of carbonyl (C=O) groups is 1. The fourth-order valence-electron chi connectivity index (χ4n) is 3.19. The quantitative estimate of drug-likeness (QED) is 0.595. The van der Waals surface area contributed by atoms with Gasteiger partial charge in [0.1, 0.15) is 0 Å². The highest BCUT2D eigenvalue weighted by Crippen LogP contribution is 2.56. The molecule has 0 heterocycles. The zero-order valence-electron chi connectivity index (χ0n) is 9.16. The average molecular weight is 326 g/mol. The standard InChI is InChI=1S/C14H15IO/c15-10-7-5-9(6-8-10)14(16)13-11-3-1-2-4-12(11)13/h5-8,11-13H,1-4H2. The molecule has 0 N–H and O–H groups in total. The molecular formula is C14H15IO. The number of fused-ring (bicyclic) bond motifs is 1. The Morgan fingerprint density at radius 3 is 2.19 bits per heavy atom. The molecule has 2 atom stereocenters. The zero-order valence-corrected chi connectivity index (χ0v) is 11.3. The molecule has 2 fully saturated rings. The Hall–Kier alpha value is -0.380. The lowest BCUT2D eigenvalue weighted by Crippen LogP contribution is -2.03. The van der Waals surface area contributed by atoms with Crippen LogP contribution in [0.5, 0.6) is 0 Å². The largest absolute Gasteiger partial charge is 0.294 e. The molecule has 2 aliphatic rings. The summed E-state index contributed by atoms with van der Waals surface area (Å²) in [6, 6.07) is 8.02. The van der Waals surface area contributed by atoms with Crippen LogP contribution in [0.25, 0.3) is 0 Å². The maximum Gasteiger partial charge on any atom is 0.166 e. The van der Waals surface area contributed by atoms with Crippen LogP contribution in [-0.4, -0.2) is 5.78 Å². The van der Waals surface area contributed by atoms with Gasteiger partial charge in [-0.05, 0) is 59.4 Å². The zero-order chi connectivity index (χ0) is 11.1. The number of benzene rings is 1. The summed E-state index contributed by atoms with van der Waals surface area (Å²) in [6.07, 6.45) is 5.23. The number of hydrogen-bond donors (Lipinski definition) is 0. The summed E-state index contributed by atoms with van der Waals surface area (Å²) in [5, 5.41) is 0. The van der Waals surface area contributed by atoms with Crippen LogP contribution >= 0.6 is 22.6 Å². The minimum absolute atomic E-state index is 0.363. The van der Waals surface area contributed by atoms with Gasteiger partial charge in [0.2, 0.25) is 0 Å². The molecule has 0 amide bonds. The van der Waals surface area contributed by atoms with Crippen molar-refractivity contribution in [2.75, 3.05) is 0 Å². The second kappa shape index (κ2) is 4.13. The van der Waals surface area contributed by atoms with Gasteiger partial charge in [0.05, 0.1) is 0 Å². The first-order chi connectivity index (χ1) is 7.77. The van der Waals surface area contributed by atoms with Gasteiger partial charge in [-0.15, -0.1) is 0 Å². The van der Waals surface area contributed by atoms with Crippen LogP contribution in [0, 0.1) is 21.3 Å². The summed E-state index contributed by atoms with van der Waals surface area (Å²) >= 11 is 2.27. The third-order valence-corrected chi connectivity index (χ3v) is 4.81. The Morgan fingerprint density at radius 2 is 1.62 bits per heavy atom. The summed E-state index contributed by atoms with van der Waals surface area (Å²) in [7, 11) is 0. The van der Waals surface area contributed by atoms with Crippen molar-refractivity contribution in [2.45, 2.75) is 25.7 Å². The van der Waals surface area contributed by atoms with E-state index in [0.717, 1.165) is 17.4 Å². The van der Waals surface area contributed by atoms with Crippen molar-refractivity contribution >= 4 is 28.4 Å². The van der Waals surface area contributed by atoms with E-state index in [1.54, 1.807) is 0 Å². The SMILES string of the molecule is O=C(c1ccc(I)cc1)C1C2CCCCC21. The lowest BCUT2D eigenvalue weighted by atomic mass is 10.0. The minimum atomic E-state index is 0.363. The molecule has 2 heteroatoms. The van der Waals surface area contributed by atoms with Gasteiger partial charge in [0.25, 0.3) is 0 Å². The van der Waals surface area contributed by atoms with Crippen LogP contribution in [-0.2, 0) is 0 Å². The Kier molecular flexibility index (Phi) is 2.78. The van der Waals surface area contributed by atoms with E-state index >= 15 is 0 Å². The predicted octanol–water partition coefficient (Wildman–Crippen LogP) is 3.91. The highest BCUT2D eigenvalue weighted by atomic mass is 127. The van der Waals surface area contributed by atoms with Gasteiger partial charge in [-0.3, -0.25) is 4.79 Å². The number of carbonyl (C=O) groups excluding carboxylic acids is 1. The summed E-state index contributed by atoms with van der Waals surface area (Å²) in [6.45, 7) is 0. The van der Waals surface area contributed by atoms with Gasteiger partial charge in [-0.25, -0.2) is 0 Å². The molecular weight excluding hydrogens is 311 g/mol. The van der Waals surface area contributed by atoms with Crippen molar-refractivity contribution < 1.29 is 4.79 Å². The highest BCUT2D eigenvalue weighted by molar-refractivity contribution is 14.1. The van der Waals surface area contributed by atoms with Crippen molar-refractivity contribution in [3.05, 3.63) is 33.4 Å². The van der Waals surface area contributed by atoms with Crippen LogP contribution in [0.2, 0.25) is 0 Å². The molecule has 0 aromatic heterocycles. The molecule has 0 radical (unpaired) electrons. The fraction of sp³-hybridized carbons (Fsp3) is 0.500. The Balaban J connectivity index is 1.76. The second-order valence-corrected chi connectivity index (χ2v) is 6.25. The lowest BCUT2D eigenvalue weighted by molar-refractivity contribution is 0.0956. The fourth-order valence-corrected chi connectivity index (χ4v) is 3.55. The predicted molar refractivity (Wildman–Crippen MR) is 72.4 cm³/mol. The van der Waals surface area contributed by atoms with Crippen molar-refractivity contribution in [1.82, 2.24) is 0 Å². The number of halogens is 1. The third kappa shape index (κ3) is 1.81. The van der Waals surface area contributed by atoms with E-state index in [2.05, 4.69) is 22.6 Å². The molecule has 2 aliphatic carbocycles. The average Bonchev–Trinajstić information content (AvgIpc) is 3.03. The molecule has 1 nitrogen and oxygen atoms in total. The summed E-state index contributed by atoms with van der Waals surface area (Å²) in [5.74, 6) is 2.21. The molecule has 0 saturated heterocycles. The third-order valence-electron chi connectivity index (χ3n) is 4.09. The van der Waals surface area contributed by atoms with E-state index in [1.165, 1.54) is 29.3 Å². The summed E-state index contributed by atoms with van der Waals surface area (Å²) in [5.41, 5.74) is 0.916. The molecule has 3 rings (SSSR count). The normalized spacial score (nSPS) is 31.9. The molecule has 0 spiro atoms. The number of hydrogen-bond acceptors (Lipinski definition) is 1. The maximum absolute atomic E-state index is 12.3. The molecule has 1 aromatic rings. The summed E-state index contributed by atoms with van der Waals surface area (Å²) in [4.78, 5) is 12.3. The first-order valence-corrected chi connectivity index (χ1v) is 7.15. The van der Waals surface area contributed by atoms with Crippen molar-refractivity contribution in [1.29, 1.82) is 0 Å². The van der Waals surface area contributed by atoms with Gasteiger partial charge < -0.3 is 0 Å². The van der Waals surface area contributed by atoms with Gasteiger partial charge in [-0.2, -0.15) is 0 Å². The molecule has 84 valence electrons. The molecule has 0 aliphatic heterocycles. The monoisotopic (exact) mass is 326 g/mol. The van der Waals surface area contributed by atoms with Gasteiger partial charge in [-0.1, -0.05) is 25.0 Å².